The minimum atomic E-state index is -5.08. The Kier molecular flexibility index (Phi) is 20.8. The number of hydrogen-bond acceptors (Lipinski definition) is 8. The SMILES string of the molecule is CCCCCCCCCCCCCCO[C@@H]([C@@H]1OC(C(=O)O)=C[C@H](N=C(N)N)[C@H]1NC(C)=O)[C@H](O)CO.O=C(O)C(F)(F)F. The van der Waals surface area contributed by atoms with Gasteiger partial charge in [-0.15, -0.1) is 0 Å². The van der Waals surface area contributed by atoms with Gasteiger partial charge < -0.3 is 46.7 Å². The number of aliphatic hydroxyl groups is 2. The Hall–Kier alpha value is -3.11. The fourth-order valence-corrected chi connectivity index (χ4v) is 4.49. The number of rotatable bonds is 20. The van der Waals surface area contributed by atoms with E-state index in [0.717, 1.165) is 25.7 Å². The number of guanidine groups is 1. The zero-order valence-electron chi connectivity index (χ0n) is 25.4. The predicted octanol–water partition coefficient (Wildman–Crippen LogP) is 2.57. The predicted molar refractivity (Wildman–Crippen MR) is 155 cm³/mol. The highest BCUT2D eigenvalue weighted by Gasteiger charge is 2.45. The van der Waals surface area contributed by atoms with Crippen LogP contribution in [0.25, 0.3) is 0 Å². The second-order valence-corrected chi connectivity index (χ2v) is 10.5. The molecule has 13 nitrogen and oxygen atoms in total. The number of nitrogens with one attached hydrogen (secondary N) is 1. The molecule has 0 aromatic rings. The molecule has 0 aromatic carbocycles. The fourth-order valence-electron chi connectivity index (χ4n) is 4.49. The van der Waals surface area contributed by atoms with Crippen LogP contribution in [0, 0.1) is 0 Å². The zero-order chi connectivity index (χ0) is 33.7. The highest BCUT2D eigenvalue weighted by molar-refractivity contribution is 5.85. The van der Waals surface area contributed by atoms with Crippen LogP contribution in [0.15, 0.2) is 16.8 Å². The highest BCUT2D eigenvalue weighted by atomic mass is 19.4. The lowest BCUT2D eigenvalue weighted by molar-refractivity contribution is -0.192. The fraction of sp³-hybridized carbons (Fsp3) is 0.786. The maximum Gasteiger partial charge on any atom is 0.490 e. The first-order chi connectivity index (χ1) is 20.6. The molecule has 0 radical (unpaired) electrons. The average Bonchev–Trinajstić information content (AvgIpc) is 2.93. The molecule has 0 fully saturated rings. The van der Waals surface area contributed by atoms with Gasteiger partial charge in [0.2, 0.25) is 11.7 Å². The number of aliphatic carboxylic acids is 2. The van der Waals surface area contributed by atoms with Crippen molar-refractivity contribution < 1.29 is 57.5 Å². The molecule has 0 saturated carbocycles. The van der Waals surface area contributed by atoms with Crippen LogP contribution in [-0.4, -0.2) is 94.0 Å². The third-order valence-corrected chi connectivity index (χ3v) is 6.63. The molecule has 1 heterocycles. The lowest BCUT2D eigenvalue weighted by Gasteiger charge is -2.40. The molecule has 0 aromatic heterocycles. The Morgan fingerprint density at radius 2 is 1.48 bits per heavy atom. The summed E-state index contributed by atoms with van der Waals surface area (Å²) in [6, 6.07) is -1.90. The van der Waals surface area contributed by atoms with Gasteiger partial charge in [0, 0.05) is 13.5 Å². The number of amides is 1. The summed E-state index contributed by atoms with van der Waals surface area (Å²) in [6.07, 6.45) is 6.65. The lowest BCUT2D eigenvalue weighted by atomic mass is 9.92. The largest absolute Gasteiger partial charge is 0.490 e. The second-order valence-electron chi connectivity index (χ2n) is 10.5. The first-order valence-electron chi connectivity index (χ1n) is 14.8. The molecule has 1 amide bonds. The van der Waals surface area contributed by atoms with Gasteiger partial charge in [0.1, 0.15) is 12.2 Å². The number of unbranched alkanes of at least 4 members (excludes halogenated alkanes) is 11. The molecule has 1 rings (SSSR count). The molecule has 5 atom stereocenters. The first-order valence-corrected chi connectivity index (χ1v) is 14.8. The first kappa shape index (κ1) is 40.9. The number of carbonyl (C=O) groups excluding carboxylic acids is 1. The Morgan fingerprint density at radius 3 is 1.86 bits per heavy atom. The van der Waals surface area contributed by atoms with Crippen molar-refractivity contribution in [2.75, 3.05) is 13.2 Å². The summed E-state index contributed by atoms with van der Waals surface area (Å²) in [5.74, 6) is -5.29. The van der Waals surface area contributed by atoms with E-state index in [4.69, 9.17) is 30.8 Å². The van der Waals surface area contributed by atoms with Gasteiger partial charge in [-0.3, -0.25) is 4.79 Å². The van der Waals surface area contributed by atoms with Crippen molar-refractivity contribution in [3.8, 4) is 0 Å². The van der Waals surface area contributed by atoms with E-state index in [-0.39, 0.29) is 12.6 Å². The Balaban J connectivity index is 0.00000234. The van der Waals surface area contributed by atoms with E-state index in [2.05, 4.69) is 17.2 Å². The summed E-state index contributed by atoms with van der Waals surface area (Å²) in [6.45, 7) is 3.13. The molecular weight excluding hydrogens is 593 g/mol. The monoisotopic (exact) mass is 642 g/mol. The molecule has 9 N–H and O–H groups in total. The maximum atomic E-state index is 11.9. The molecule has 16 heteroatoms. The minimum Gasteiger partial charge on any atom is -0.478 e. The normalized spacial score (nSPS) is 19.3. The van der Waals surface area contributed by atoms with Gasteiger partial charge in [-0.05, 0) is 12.5 Å². The average molecular weight is 643 g/mol. The summed E-state index contributed by atoms with van der Waals surface area (Å²) in [4.78, 5) is 36.5. The highest BCUT2D eigenvalue weighted by Crippen LogP contribution is 2.27. The van der Waals surface area contributed by atoms with Crippen LogP contribution < -0.4 is 16.8 Å². The van der Waals surface area contributed by atoms with E-state index in [1.54, 1.807) is 0 Å². The van der Waals surface area contributed by atoms with Crippen molar-refractivity contribution in [3.63, 3.8) is 0 Å². The number of ether oxygens (including phenoxy) is 2. The van der Waals surface area contributed by atoms with Gasteiger partial charge in [0.15, 0.2) is 12.1 Å². The number of carboxylic acid groups (broad SMARTS) is 2. The minimum absolute atomic E-state index is 0.269. The number of carbonyl (C=O) groups is 3. The van der Waals surface area contributed by atoms with Crippen molar-refractivity contribution in [2.45, 2.75) is 127 Å². The smallest absolute Gasteiger partial charge is 0.478 e. The molecule has 0 unspecified atom stereocenters. The molecule has 1 aliphatic rings. The number of carboxylic acids is 2. The molecule has 44 heavy (non-hydrogen) atoms. The molecule has 256 valence electrons. The maximum absolute atomic E-state index is 11.9. The topological polar surface area (TPSA) is 227 Å². The second kappa shape index (κ2) is 22.4. The van der Waals surface area contributed by atoms with E-state index in [1.807, 2.05) is 0 Å². The number of aliphatic imine (C=N–C) groups is 1. The molecular formula is C28H49F3N4O9. The van der Waals surface area contributed by atoms with Crippen molar-refractivity contribution in [3.05, 3.63) is 11.8 Å². The molecule has 0 aliphatic carbocycles. The van der Waals surface area contributed by atoms with E-state index in [9.17, 15) is 38.1 Å². The van der Waals surface area contributed by atoms with Gasteiger partial charge in [0.25, 0.3) is 0 Å². The summed E-state index contributed by atoms with van der Waals surface area (Å²) in [5.41, 5.74) is 11.0. The number of aliphatic hydroxyl groups excluding tert-OH is 2. The molecule has 1 aliphatic heterocycles. The number of alkyl halides is 3. The number of hydrogen-bond donors (Lipinski definition) is 7. The summed E-state index contributed by atoms with van der Waals surface area (Å²) < 4.78 is 43.3. The van der Waals surface area contributed by atoms with Gasteiger partial charge in [-0.2, -0.15) is 13.2 Å². The third-order valence-electron chi connectivity index (χ3n) is 6.63. The molecule has 0 saturated heterocycles. The van der Waals surface area contributed by atoms with Crippen LogP contribution in [-0.2, 0) is 23.9 Å². The standard InChI is InChI=1S/C26H48N4O7.C2HF3O2/c1-3-4-5-6-7-8-9-10-11-12-13-14-15-36-23(20(33)17-31)24-22(29-18(2)32)19(30-26(27)28)16-21(37-24)25(34)35;3-2(4,5)1(6)7/h16,19-20,22-24,31,33H,3-15,17H2,1-2H3,(H,29,32)(H,34,35)(H4,27,28,30);(H,6,7)/t19-,20+,22+,23+,24+;/m0./s1. The molecule has 0 bridgehead atoms. The summed E-state index contributed by atoms with van der Waals surface area (Å²) in [5, 5.41) is 39.4. The number of nitrogens with two attached hydrogens (primary N) is 2. The van der Waals surface area contributed by atoms with Crippen molar-refractivity contribution in [2.24, 2.45) is 16.5 Å². The zero-order valence-corrected chi connectivity index (χ0v) is 25.4. The quantitative estimate of drug-likeness (QED) is 0.0580. The van der Waals surface area contributed by atoms with E-state index in [1.165, 1.54) is 64.4 Å². The van der Waals surface area contributed by atoms with E-state index >= 15 is 0 Å². The Labute approximate surface area is 255 Å². The Morgan fingerprint density at radius 1 is 1.00 bits per heavy atom. The van der Waals surface area contributed by atoms with Crippen LogP contribution in [0.2, 0.25) is 0 Å². The lowest BCUT2D eigenvalue weighted by Crippen LogP contribution is -2.60. The van der Waals surface area contributed by atoms with Crippen LogP contribution >= 0.6 is 0 Å². The van der Waals surface area contributed by atoms with Gasteiger partial charge in [-0.25, -0.2) is 14.6 Å². The van der Waals surface area contributed by atoms with Crippen molar-refractivity contribution in [1.82, 2.24) is 5.32 Å². The third kappa shape index (κ3) is 17.9. The van der Waals surface area contributed by atoms with Gasteiger partial charge >= 0.3 is 18.1 Å². The summed E-state index contributed by atoms with van der Waals surface area (Å²) in [7, 11) is 0. The number of nitrogens with zero attached hydrogens (tertiary/aromatic N) is 1. The van der Waals surface area contributed by atoms with Crippen molar-refractivity contribution >= 4 is 23.8 Å². The van der Waals surface area contributed by atoms with E-state index in [0.29, 0.717) is 0 Å². The van der Waals surface area contributed by atoms with Crippen LogP contribution in [0.4, 0.5) is 13.2 Å². The van der Waals surface area contributed by atoms with E-state index < -0.39 is 66.8 Å². The van der Waals surface area contributed by atoms with Gasteiger partial charge in [-0.1, -0.05) is 77.6 Å². The van der Waals surface area contributed by atoms with Crippen LogP contribution in [0.5, 0.6) is 0 Å². The van der Waals surface area contributed by atoms with Crippen LogP contribution in [0.3, 0.4) is 0 Å². The molecule has 0 spiro atoms. The Bertz CT molecular complexity index is 915. The summed E-state index contributed by atoms with van der Waals surface area (Å²) >= 11 is 0. The number of halogens is 3. The van der Waals surface area contributed by atoms with Crippen LogP contribution in [0.1, 0.15) is 90.9 Å². The van der Waals surface area contributed by atoms with Gasteiger partial charge in [0.05, 0.1) is 18.7 Å². The van der Waals surface area contributed by atoms with Crippen molar-refractivity contribution in [1.29, 1.82) is 0 Å².